The molecule has 0 saturated heterocycles. The van der Waals surface area contributed by atoms with Crippen molar-refractivity contribution in [3.05, 3.63) is 59.9 Å². The smallest absolute Gasteiger partial charge is 0.131 e. The molecule has 0 spiro atoms. The molecule has 2 rings (SSSR count). The fraction of sp³-hybridized carbons (Fsp3) is 0.250. The minimum atomic E-state index is -0.350. The first-order valence-electron chi connectivity index (χ1n) is 6.72. The lowest BCUT2D eigenvalue weighted by atomic mass is 10.0. The average molecular weight is 290 g/mol. The summed E-state index contributed by atoms with van der Waals surface area (Å²) in [5.74, 6) is 6.43. The van der Waals surface area contributed by atoms with Crippen LogP contribution in [0, 0.1) is 5.82 Å². The Morgan fingerprint density at radius 3 is 2.52 bits per heavy atom. The highest BCUT2D eigenvalue weighted by atomic mass is 19.1. The quantitative estimate of drug-likeness (QED) is 0.608. The first-order valence-corrected chi connectivity index (χ1v) is 6.72. The van der Waals surface area contributed by atoms with Crippen molar-refractivity contribution in [2.24, 2.45) is 5.84 Å². The van der Waals surface area contributed by atoms with Gasteiger partial charge in [0.2, 0.25) is 0 Å². The molecule has 2 aromatic carbocycles. The number of nitrogens with two attached hydrogens (primary N) is 1. The molecule has 0 aliphatic carbocycles. The summed E-state index contributed by atoms with van der Waals surface area (Å²) in [4.78, 5) is 0. The predicted octanol–water partition coefficient (Wildman–Crippen LogP) is 2.81. The summed E-state index contributed by atoms with van der Waals surface area (Å²) < 4.78 is 24.6. The summed E-state index contributed by atoms with van der Waals surface area (Å²) in [5.41, 5.74) is 3.12. The summed E-state index contributed by atoms with van der Waals surface area (Å²) in [7, 11) is 1.50. The molecule has 5 heteroatoms. The summed E-state index contributed by atoms with van der Waals surface area (Å²) in [6, 6.07) is 13.9. The van der Waals surface area contributed by atoms with E-state index in [-0.39, 0.29) is 11.9 Å². The van der Waals surface area contributed by atoms with Crippen LogP contribution < -0.4 is 20.7 Å². The maximum absolute atomic E-state index is 14.0. The van der Waals surface area contributed by atoms with E-state index >= 15 is 0 Å². The third-order valence-electron chi connectivity index (χ3n) is 3.20. The predicted molar refractivity (Wildman–Crippen MR) is 79.6 cm³/mol. The molecule has 1 atom stereocenters. The molecule has 112 valence electrons. The fourth-order valence-corrected chi connectivity index (χ4v) is 2.06. The van der Waals surface area contributed by atoms with Gasteiger partial charge in [0.25, 0.3) is 0 Å². The van der Waals surface area contributed by atoms with Crippen LogP contribution in [-0.2, 0) is 0 Å². The van der Waals surface area contributed by atoms with E-state index in [0.717, 1.165) is 5.75 Å². The largest absolute Gasteiger partial charge is 0.497 e. The molecule has 3 N–H and O–H groups in total. The minimum Gasteiger partial charge on any atom is -0.497 e. The van der Waals surface area contributed by atoms with Gasteiger partial charge in [0.1, 0.15) is 17.3 Å². The molecule has 0 aliphatic rings. The highest BCUT2D eigenvalue weighted by molar-refractivity contribution is 5.30. The maximum atomic E-state index is 14.0. The number of methoxy groups -OCH3 is 1. The van der Waals surface area contributed by atoms with Gasteiger partial charge in [-0.1, -0.05) is 24.3 Å². The Bertz CT molecular complexity index is 563. The van der Waals surface area contributed by atoms with Crippen LogP contribution in [0.5, 0.6) is 11.5 Å². The highest BCUT2D eigenvalue weighted by Crippen LogP contribution is 2.24. The van der Waals surface area contributed by atoms with E-state index in [1.165, 1.54) is 13.2 Å². The molecule has 0 radical (unpaired) electrons. The number of para-hydroxylation sites is 1. The number of nitrogens with one attached hydrogen (secondary N) is 1. The molecule has 0 heterocycles. The number of halogens is 1. The van der Waals surface area contributed by atoms with Gasteiger partial charge >= 0.3 is 0 Å². The zero-order chi connectivity index (χ0) is 15.1. The average Bonchev–Trinajstić information content (AvgIpc) is 2.53. The van der Waals surface area contributed by atoms with Crippen molar-refractivity contribution in [2.45, 2.75) is 12.5 Å². The molecule has 0 amide bonds. The van der Waals surface area contributed by atoms with Crippen molar-refractivity contribution in [1.82, 2.24) is 5.43 Å². The Hall–Kier alpha value is -2.11. The van der Waals surface area contributed by atoms with Gasteiger partial charge < -0.3 is 9.47 Å². The van der Waals surface area contributed by atoms with Crippen molar-refractivity contribution < 1.29 is 13.9 Å². The zero-order valence-corrected chi connectivity index (χ0v) is 11.9. The topological polar surface area (TPSA) is 56.5 Å². The standard InChI is InChI=1S/C16H19FN2O2/c1-20-13-7-8-14(15(17)11-13)16(19-18)9-10-21-12-5-3-2-4-6-12/h2-8,11,16,19H,9-10,18H2,1H3. The summed E-state index contributed by atoms with van der Waals surface area (Å²) in [6.07, 6.45) is 0.550. The summed E-state index contributed by atoms with van der Waals surface area (Å²) in [6.45, 7) is 0.435. The number of ether oxygens (including phenoxy) is 2. The van der Waals surface area contributed by atoms with Gasteiger partial charge in [-0.05, 0) is 18.2 Å². The van der Waals surface area contributed by atoms with Crippen LogP contribution in [0.4, 0.5) is 4.39 Å². The van der Waals surface area contributed by atoms with Crippen LogP contribution in [0.15, 0.2) is 48.5 Å². The molecule has 0 bridgehead atoms. The van der Waals surface area contributed by atoms with Crippen LogP contribution in [0.1, 0.15) is 18.0 Å². The van der Waals surface area contributed by atoms with E-state index in [2.05, 4.69) is 5.43 Å². The lowest BCUT2D eigenvalue weighted by Crippen LogP contribution is -2.30. The van der Waals surface area contributed by atoms with Gasteiger partial charge in [-0.2, -0.15) is 0 Å². The molecule has 0 aliphatic heterocycles. The molecule has 1 unspecified atom stereocenters. The molecular weight excluding hydrogens is 271 g/mol. The van der Waals surface area contributed by atoms with E-state index < -0.39 is 0 Å². The third kappa shape index (κ3) is 4.18. The first kappa shape index (κ1) is 15.3. The van der Waals surface area contributed by atoms with Crippen LogP contribution in [0.25, 0.3) is 0 Å². The molecular formula is C16H19FN2O2. The van der Waals surface area contributed by atoms with Crippen molar-refractivity contribution in [2.75, 3.05) is 13.7 Å². The SMILES string of the molecule is COc1ccc(C(CCOc2ccccc2)NN)c(F)c1. The number of benzene rings is 2. The Morgan fingerprint density at radius 2 is 1.90 bits per heavy atom. The Morgan fingerprint density at radius 1 is 1.14 bits per heavy atom. The van der Waals surface area contributed by atoms with Crippen molar-refractivity contribution in [1.29, 1.82) is 0 Å². The summed E-state index contributed by atoms with van der Waals surface area (Å²) >= 11 is 0. The van der Waals surface area contributed by atoms with Crippen LogP contribution in [-0.4, -0.2) is 13.7 Å². The Labute approximate surface area is 123 Å². The summed E-state index contributed by atoms with van der Waals surface area (Å²) in [5, 5.41) is 0. The van der Waals surface area contributed by atoms with E-state index in [0.29, 0.717) is 24.3 Å². The van der Waals surface area contributed by atoms with Gasteiger partial charge in [-0.3, -0.25) is 11.3 Å². The van der Waals surface area contributed by atoms with Gasteiger partial charge in [0, 0.05) is 18.1 Å². The lowest BCUT2D eigenvalue weighted by Gasteiger charge is -2.18. The lowest BCUT2D eigenvalue weighted by molar-refractivity contribution is 0.285. The normalized spacial score (nSPS) is 12.0. The van der Waals surface area contributed by atoms with Gasteiger partial charge in [-0.15, -0.1) is 0 Å². The maximum Gasteiger partial charge on any atom is 0.131 e. The highest BCUT2D eigenvalue weighted by Gasteiger charge is 2.15. The fourth-order valence-electron chi connectivity index (χ4n) is 2.06. The van der Waals surface area contributed by atoms with Crippen molar-refractivity contribution in [3.8, 4) is 11.5 Å². The van der Waals surface area contributed by atoms with E-state index in [4.69, 9.17) is 15.3 Å². The Balaban J connectivity index is 1.96. The number of hydrogen-bond acceptors (Lipinski definition) is 4. The van der Waals surface area contributed by atoms with Crippen LogP contribution in [0.3, 0.4) is 0 Å². The third-order valence-corrected chi connectivity index (χ3v) is 3.20. The monoisotopic (exact) mass is 290 g/mol. The number of hydrogen-bond donors (Lipinski definition) is 2. The van der Waals surface area contributed by atoms with Gasteiger partial charge in [0.05, 0.1) is 19.8 Å². The Kier molecular flexibility index (Phi) is 5.54. The van der Waals surface area contributed by atoms with Gasteiger partial charge in [0.15, 0.2) is 0 Å². The van der Waals surface area contributed by atoms with Crippen molar-refractivity contribution in [3.63, 3.8) is 0 Å². The van der Waals surface area contributed by atoms with E-state index in [1.807, 2.05) is 30.3 Å². The molecule has 0 fully saturated rings. The molecule has 21 heavy (non-hydrogen) atoms. The molecule has 2 aromatic rings. The second kappa shape index (κ2) is 7.61. The molecule has 0 saturated carbocycles. The molecule has 4 nitrogen and oxygen atoms in total. The van der Waals surface area contributed by atoms with Gasteiger partial charge in [-0.25, -0.2) is 4.39 Å². The number of rotatable bonds is 7. The first-order chi connectivity index (χ1) is 10.2. The van der Waals surface area contributed by atoms with E-state index in [9.17, 15) is 4.39 Å². The van der Waals surface area contributed by atoms with E-state index in [1.54, 1.807) is 12.1 Å². The molecule has 0 aromatic heterocycles. The van der Waals surface area contributed by atoms with Crippen LogP contribution in [0.2, 0.25) is 0 Å². The second-order valence-electron chi connectivity index (χ2n) is 4.56. The van der Waals surface area contributed by atoms with Crippen LogP contribution >= 0.6 is 0 Å². The number of hydrazine groups is 1. The van der Waals surface area contributed by atoms with Crippen molar-refractivity contribution >= 4 is 0 Å². The zero-order valence-electron chi connectivity index (χ0n) is 11.9. The second-order valence-corrected chi connectivity index (χ2v) is 4.56. The minimum absolute atomic E-state index is 0.320.